The number of hydrogen-bond acceptors (Lipinski definition) is 4. The van der Waals surface area contributed by atoms with Crippen molar-refractivity contribution in [1.29, 1.82) is 0 Å². The summed E-state index contributed by atoms with van der Waals surface area (Å²) in [6, 6.07) is 7.17. The summed E-state index contributed by atoms with van der Waals surface area (Å²) in [5.74, 6) is -4.44. The van der Waals surface area contributed by atoms with E-state index in [9.17, 15) is 18.0 Å². The fourth-order valence-corrected chi connectivity index (χ4v) is 4.21. The number of nitrogens with one attached hydrogen (secondary N) is 1. The second-order valence-corrected chi connectivity index (χ2v) is 9.02. The maximum Gasteiger partial charge on any atom is 0.311 e. The number of halogens is 3. The van der Waals surface area contributed by atoms with Gasteiger partial charge in [-0.15, -0.1) is 10.2 Å². The summed E-state index contributed by atoms with van der Waals surface area (Å²) in [5.41, 5.74) is -0.486. The van der Waals surface area contributed by atoms with Crippen LogP contribution in [0.25, 0.3) is 5.69 Å². The lowest BCUT2D eigenvalue weighted by Crippen LogP contribution is -2.31. The molecule has 0 saturated carbocycles. The average Bonchev–Trinajstić information content (AvgIpc) is 3.24. The quantitative estimate of drug-likeness (QED) is 0.612. The molecule has 2 aromatic heterocycles. The smallest absolute Gasteiger partial charge is 0.311 e. The first kappa shape index (κ1) is 19.6. The maximum absolute atomic E-state index is 15.0. The number of fused-ring (bicyclic) bond motifs is 3. The predicted octanol–water partition coefficient (Wildman–Crippen LogP) is 5.30. The Morgan fingerprint density at radius 3 is 2.59 bits per heavy atom. The van der Waals surface area contributed by atoms with Crippen LogP contribution in [0.1, 0.15) is 59.3 Å². The summed E-state index contributed by atoms with van der Waals surface area (Å²) in [6.07, 6.45) is -2.65. The number of aryl methyl sites for hydroxylation is 1. The van der Waals surface area contributed by atoms with Crippen LogP contribution in [-0.2, 0) is 11.3 Å². The van der Waals surface area contributed by atoms with Gasteiger partial charge in [0.2, 0.25) is 11.3 Å². The van der Waals surface area contributed by atoms with Crippen molar-refractivity contribution in [1.82, 2.24) is 14.8 Å². The first-order valence-corrected chi connectivity index (χ1v) is 9.83. The summed E-state index contributed by atoms with van der Waals surface area (Å²) in [7, 11) is 0. The van der Waals surface area contributed by atoms with Crippen LogP contribution in [0, 0.1) is 6.92 Å². The third-order valence-electron chi connectivity index (χ3n) is 4.82. The largest absolute Gasteiger partial charge is 0.314 e. The Morgan fingerprint density at radius 1 is 1.24 bits per heavy atom. The van der Waals surface area contributed by atoms with Gasteiger partial charge in [0.25, 0.3) is 5.91 Å². The molecule has 0 aliphatic carbocycles. The topological polar surface area (TPSA) is 59.8 Å². The molecule has 4 rings (SSSR count). The van der Waals surface area contributed by atoms with E-state index in [0.29, 0.717) is 10.7 Å². The molecular weight excluding hydrogens is 401 g/mol. The van der Waals surface area contributed by atoms with Crippen LogP contribution in [-0.4, -0.2) is 20.7 Å². The van der Waals surface area contributed by atoms with Gasteiger partial charge in [-0.3, -0.25) is 10.1 Å². The zero-order chi connectivity index (χ0) is 21.1. The third kappa shape index (κ3) is 3.04. The van der Waals surface area contributed by atoms with Gasteiger partial charge in [0.1, 0.15) is 5.01 Å². The van der Waals surface area contributed by atoms with E-state index in [1.165, 1.54) is 40.2 Å². The van der Waals surface area contributed by atoms with Crippen LogP contribution in [0.3, 0.4) is 0 Å². The molecule has 3 heterocycles. The summed E-state index contributed by atoms with van der Waals surface area (Å²) < 4.78 is 45.9. The molecule has 29 heavy (non-hydrogen) atoms. The number of benzene rings is 1. The lowest BCUT2D eigenvalue weighted by molar-refractivity contribution is -0.0871. The van der Waals surface area contributed by atoms with Gasteiger partial charge in [0.15, 0.2) is 0 Å². The van der Waals surface area contributed by atoms with Crippen LogP contribution < -0.4 is 5.32 Å². The molecule has 0 spiro atoms. The molecule has 3 aromatic rings. The summed E-state index contributed by atoms with van der Waals surface area (Å²) in [4.78, 5) is 12.8. The Kier molecular flexibility index (Phi) is 4.34. The minimum Gasteiger partial charge on any atom is -0.314 e. The van der Waals surface area contributed by atoms with Crippen LogP contribution >= 0.6 is 11.3 Å². The first-order chi connectivity index (χ1) is 13.5. The summed E-state index contributed by atoms with van der Waals surface area (Å²) >= 11 is 1.19. The lowest BCUT2D eigenvalue weighted by atomic mass is 9.94. The molecule has 1 N–H and O–H groups in total. The molecule has 1 amide bonds. The highest BCUT2D eigenvalue weighted by atomic mass is 32.1. The molecule has 1 aliphatic heterocycles. The van der Waals surface area contributed by atoms with Crippen LogP contribution in [0.2, 0.25) is 0 Å². The normalized spacial score (nSPS) is 17.6. The Bertz CT molecular complexity index is 1110. The SMILES string of the molecule is Cc1cc(C(=O)Nc2nnc(C(C)(C)C)s2)c2n1-c1ccccc1C(F)(F)C2F. The standard InChI is InChI=1S/C20H19F3N4OS/c1-10-9-11(16(28)24-18-26-25-17(29-18)19(2,3)4)14-15(21)20(22,23)12-7-5-6-8-13(12)27(10)14/h5-9,15H,1-4H3,(H,24,26,28). The Balaban J connectivity index is 1.77. The van der Waals surface area contributed by atoms with E-state index < -0.39 is 23.6 Å². The minimum atomic E-state index is -3.74. The van der Waals surface area contributed by atoms with Gasteiger partial charge in [-0.1, -0.05) is 50.3 Å². The van der Waals surface area contributed by atoms with E-state index in [4.69, 9.17) is 0 Å². The van der Waals surface area contributed by atoms with Crippen molar-refractivity contribution in [2.75, 3.05) is 5.32 Å². The number of rotatable bonds is 2. The van der Waals surface area contributed by atoms with Crippen molar-refractivity contribution in [3.05, 3.63) is 57.9 Å². The van der Waals surface area contributed by atoms with Crippen molar-refractivity contribution >= 4 is 22.4 Å². The summed E-state index contributed by atoms with van der Waals surface area (Å²) in [6.45, 7) is 7.52. The average molecular weight is 420 g/mol. The lowest BCUT2D eigenvalue weighted by Gasteiger charge is -2.31. The van der Waals surface area contributed by atoms with E-state index in [1.54, 1.807) is 13.0 Å². The van der Waals surface area contributed by atoms with E-state index in [-0.39, 0.29) is 27.5 Å². The van der Waals surface area contributed by atoms with Crippen molar-refractivity contribution in [3.8, 4) is 5.69 Å². The molecule has 1 aromatic carbocycles. The van der Waals surface area contributed by atoms with Gasteiger partial charge in [0, 0.05) is 16.7 Å². The highest BCUT2D eigenvalue weighted by Gasteiger charge is 2.51. The number of aromatic nitrogens is 3. The monoisotopic (exact) mass is 420 g/mol. The fourth-order valence-electron chi connectivity index (χ4n) is 3.41. The second-order valence-electron chi connectivity index (χ2n) is 8.04. The Labute approximate surface area is 169 Å². The van der Waals surface area contributed by atoms with Crippen molar-refractivity contribution in [3.63, 3.8) is 0 Å². The number of alkyl halides is 3. The maximum atomic E-state index is 15.0. The molecule has 9 heteroatoms. The van der Waals surface area contributed by atoms with E-state index in [0.717, 1.165) is 0 Å². The molecule has 1 aliphatic rings. The zero-order valence-corrected chi connectivity index (χ0v) is 17.1. The molecule has 0 saturated heterocycles. The number of carbonyl (C=O) groups is 1. The molecule has 0 fully saturated rings. The highest BCUT2D eigenvalue weighted by Crippen LogP contribution is 2.51. The van der Waals surface area contributed by atoms with Gasteiger partial charge in [-0.2, -0.15) is 8.78 Å². The fraction of sp³-hybridized carbons (Fsp3) is 0.350. The molecule has 0 bridgehead atoms. The molecule has 5 nitrogen and oxygen atoms in total. The van der Waals surface area contributed by atoms with Crippen molar-refractivity contribution < 1.29 is 18.0 Å². The number of carbonyl (C=O) groups excluding carboxylic acids is 1. The van der Waals surface area contributed by atoms with Gasteiger partial charge < -0.3 is 4.57 Å². The molecule has 1 unspecified atom stereocenters. The number of para-hydroxylation sites is 1. The molecular formula is C20H19F3N4OS. The first-order valence-electron chi connectivity index (χ1n) is 9.01. The molecule has 1 atom stereocenters. The number of hydrogen-bond donors (Lipinski definition) is 1. The van der Waals surface area contributed by atoms with Crippen molar-refractivity contribution in [2.24, 2.45) is 0 Å². The predicted molar refractivity (Wildman–Crippen MR) is 105 cm³/mol. The van der Waals surface area contributed by atoms with Gasteiger partial charge in [0.05, 0.1) is 16.9 Å². The number of anilines is 1. The van der Waals surface area contributed by atoms with E-state index in [2.05, 4.69) is 15.5 Å². The Hall–Kier alpha value is -2.68. The molecule has 152 valence electrons. The Morgan fingerprint density at radius 2 is 1.93 bits per heavy atom. The van der Waals surface area contributed by atoms with Gasteiger partial charge in [-0.25, -0.2) is 4.39 Å². The third-order valence-corrected chi connectivity index (χ3v) is 6.08. The highest BCUT2D eigenvalue weighted by molar-refractivity contribution is 7.15. The van der Waals surface area contributed by atoms with Gasteiger partial charge in [-0.05, 0) is 19.1 Å². The van der Waals surface area contributed by atoms with Crippen LogP contribution in [0.15, 0.2) is 30.3 Å². The van der Waals surface area contributed by atoms with Gasteiger partial charge >= 0.3 is 5.92 Å². The second kappa shape index (κ2) is 6.41. The molecule has 0 radical (unpaired) electrons. The number of amides is 1. The van der Waals surface area contributed by atoms with Crippen molar-refractivity contribution in [2.45, 2.75) is 45.2 Å². The van der Waals surface area contributed by atoms with E-state index in [1.807, 2.05) is 20.8 Å². The van der Waals surface area contributed by atoms with Crippen LogP contribution in [0.4, 0.5) is 18.3 Å². The van der Waals surface area contributed by atoms with Crippen LogP contribution in [0.5, 0.6) is 0 Å². The minimum absolute atomic E-state index is 0.142. The van der Waals surface area contributed by atoms with E-state index >= 15 is 0 Å². The number of nitrogens with zero attached hydrogens (tertiary/aromatic N) is 3. The zero-order valence-electron chi connectivity index (χ0n) is 16.3. The summed E-state index contributed by atoms with van der Waals surface area (Å²) in [5, 5.41) is 11.5.